The van der Waals surface area contributed by atoms with Crippen LogP contribution in [-0.4, -0.2) is 35.0 Å². The van der Waals surface area contributed by atoms with E-state index >= 15 is 0 Å². The van der Waals surface area contributed by atoms with E-state index in [0.717, 1.165) is 32.1 Å². The monoisotopic (exact) mass is 268 g/mol. The lowest BCUT2D eigenvalue weighted by molar-refractivity contribution is -0.137. The third-order valence-electron chi connectivity index (χ3n) is 4.39. The molecule has 0 saturated carbocycles. The smallest absolute Gasteiger partial charge is 0.303 e. The van der Waals surface area contributed by atoms with Crippen molar-refractivity contribution in [3.63, 3.8) is 0 Å². The molecule has 2 aliphatic heterocycles. The molecule has 2 heterocycles. The molecule has 2 N–H and O–H groups in total. The SMILES string of the molecule is O=C(O)CCCC=CC[C@@H]1[C@H](CCO)[C@@H]2CC[C@H]1O2. The van der Waals surface area contributed by atoms with Crippen LogP contribution in [0.5, 0.6) is 0 Å². The standard InChI is InChI=1S/C15H24O4/c16-10-9-12-11(13-7-8-14(12)19-13)5-3-1-2-4-6-15(17)18/h1,3,11-14,16H,2,4-10H2,(H,17,18)/t11-,12+,13-,14+/m1/s1. The van der Waals surface area contributed by atoms with Crippen molar-refractivity contribution in [1.29, 1.82) is 0 Å². The van der Waals surface area contributed by atoms with Crippen molar-refractivity contribution >= 4 is 5.97 Å². The highest BCUT2D eigenvalue weighted by atomic mass is 16.5. The number of aliphatic hydroxyl groups excluding tert-OH is 1. The second-order valence-electron chi connectivity index (χ2n) is 5.62. The minimum atomic E-state index is -0.724. The van der Waals surface area contributed by atoms with Gasteiger partial charge in [-0.15, -0.1) is 0 Å². The first-order valence-corrected chi connectivity index (χ1v) is 7.35. The normalized spacial score (nSPS) is 33.3. The Morgan fingerprint density at radius 2 is 1.95 bits per heavy atom. The maximum Gasteiger partial charge on any atom is 0.303 e. The van der Waals surface area contributed by atoms with Gasteiger partial charge in [-0.05, 0) is 50.4 Å². The first kappa shape index (κ1) is 14.5. The van der Waals surface area contributed by atoms with Crippen LogP contribution < -0.4 is 0 Å². The minimum absolute atomic E-state index is 0.245. The van der Waals surface area contributed by atoms with Gasteiger partial charge in [-0.2, -0.15) is 0 Å². The Hall–Kier alpha value is -0.870. The lowest BCUT2D eigenvalue weighted by Crippen LogP contribution is -2.27. The van der Waals surface area contributed by atoms with Crippen molar-refractivity contribution in [2.45, 2.75) is 57.2 Å². The van der Waals surface area contributed by atoms with Crippen LogP contribution in [0.4, 0.5) is 0 Å². The van der Waals surface area contributed by atoms with E-state index < -0.39 is 5.97 Å². The number of aliphatic hydroxyl groups is 1. The Morgan fingerprint density at radius 1 is 1.21 bits per heavy atom. The third kappa shape index (κ3) is 3.80. The van der Waals surface area contributed by atoms with Gasteiger partial charge in [0, 0.05) is 13.0 Å². The van der Waals surface area contributed by atoms with Crippen LogP contribution >= 0.6 is 0 Å². The first-order valence-electron chi connectivity index (χ1n) is 7.35. The van der Waals surface area contributed by atoms with Crippen LogP contribution in [0.15, 0.2) is 12.2 Å². The summed E-state index contributed by atoms with van der Waals surface area (Å²) in [7, 11) is 0. The van der Waals surface area contributed by atoms with Crippen molar-refractivity contribution in [3.8, 4) is 0 Å². The number of carboxylic acid groups (broad SMARTS) is 1. The number of fused-ring (bicyclic) bond motifs is 2. The van der Waals surface area contributed by atoms with Gasteiger partial charge in [0.1, 0.15) is 0 Å². The number of carbonyl (C=O) groups is 1. The van der Waals surface area contributed by atoms with Crippen LogP contribution in [0, 0.1) is 11.8 Å². The van der Waals surface area contributed by atoms with Crippen molar-refractivity contribution < 1.29 is 19.7 Å². The molecule has 4 atom stereocenters. The third-order valence-corrected chi connectivity index (χ3v) is 4.39. The molecule has 2 bridgehead atoms. The number of allylic oxidation sites excluding steroid dienone is 2. The van der Waals surface area contributed by atoms with E-state index in [-0.39, 0.29) is 13.0 Å². The molecule has 0 aromatic rings. The van der Waals surface area contributed by atoms with Crippen molar-refractivity contribution in [1.82, 2.24) is 0 Å². The summed E-state index contributed by atoms with van der Waals surface area (Å²) in [6.45, 7) is 0.246. The number of hydrogen-bond donors (Lipinski definition) is 2. The largest absolute Gasteiger partial charge is 0.481 e. The van der Waals surface area contributed by atoms with Crippen molar-refractivity contribution in [2.24, 2.45) is 11.8 Å². The lowest BCUT2D eigenvalue weighted by Gasteiger charge is -2.26. The maximum atomic E-state index is 10.4. The summed E-state index contributed by atoms with van der Waals surface area (Å²) in [6, 6.07) is 0. The molecule has 108 valence electrons. The average molecular weight is 268 g/mol. The summed E-state index contributed by atoms with van der Waals surface area (Å²) >= 11 is 0. The fraction of sp³-hybridized carbons (Fsp3) is 0.800. The van der Waals surface area contributed by atoms with E-state index in [9.17, 15) is 4.79 Å². The van der Waals surface area contributed by atoms with E-state index in [1.165, 1.54) is 0 Å². The van der Waals surface area contributed by atoms with Crippen LogP contribution in [0.3, 0.4) is 0 Å². The molecule has 0 radical (unpaired) electrons. The number of hydrogen-bond acceptors (Lipinski definition) is 3. The molecule has 2 saturated heterocycles. The minimum Gasteiger partial charge on any atom is -0.481 e. The zero-order chi connectivity index (χ0) is 13.7. The molecular weight excluding hydrogens is 244 g/mol. The second kappa shape index (κ2) is 7.06. The first-order chi connectivity index (χ1) is 9.22. The highest BCUT2D eigenvalue weighted by Gasteiger charge is 2.47. The van der Waals surface area contributed by atoms with Crippen LogP contribution in [-0.2, 0) is 9.53 Å². The predicted molar refractivity (Wildman–Crippen MR) is 71.8 cm³/mol. The van der Waals surface area contributed by atoms with Crippen LogP contribution in [0.25, 0.3) is 0 Å². The summed E-state index contributed by atoms with van der Waals surface area (Å²) in [6.07, 6.45) is 10.9. The molecule has 0 aliphatic carbocycles. The van der Waals surface area contributed by atoms with E-state index in [1.807, 2.05) is 0 Å². The Labute approximate surface area is 114 Å². The van der Waals surface area contributed by atoms with Gasteiger partial charge in [-0.3, -0.25) is 4.79 Å². The molecule has 4 heteroatoms. The molecule has 4 nitrogen and oxygen atoms in total. The number of ether oxygens (including phenoxy) is 1. The summed E-state index contributed by atoms with van der Waals surface area (Å²) in [5.74, 6) is 0.326. The molecule has 0 spiro atoms. The van der Waals surface area contributed by atoms with Gasteiger partial charge >= 0.3 is 5.97 Å². The van der Waals surface area contributed by atoms with Crippen molar-refractivity contribution in [2.75, 3.05) is 6.61 Å². The zero-order valence-corrected chi connectivity index (χ0v) is 11.3. The number of unbranched alkanes of at least 4 members (excludes halogenated alkanes) is 1. The van der Waals surface area contributed by atoms with Gasteiger partial charge in [0.15, 0.2) is 0 Å². The number of carboxylic acids is 1. The fourth-order valence-corrected chi connectivity index (χ4v) is 3.49. The van der Waals surface area contributed by atoms with E-state index in [1.54, 1.807) is 0 Å². The fourth-order valence-electron chi connectivity index (χ4n) is 3.49. The quantitative estimate of drug-likeness (QED) is 0.524. The van der Waals surface area contributed by atoms with Crippen LogP contribution in [0.1, 0.15) is 44.9 Å². The highest BCUT2D eigenvalue weighted by Crippen LogP contribution is 2.46. The summed E-state index contributed by atoms with van der Waals surface area (Å²) < 4.78 is 5.94. The van der Waals surface area contributed by atoms with Gasteiger partial charge < -0.3 is 14.9 Å². The Balaban J connectivity index is 1.72. The van der Waals surface area contributed by atoms with Gasteiger partial charge in [-0.1, -0.05) is 12.2 Å². The lowest BCUT2D eigenvalue weighted by atomic mass is 9.76. The molecule has 0 aromatic heterocycles. The average Bonchev–Trinajstić information content (AvgIpc) is 2.95. The highest BCUT2D eigenvalue weighted by molar-refractivity contribution is 5.66. The summed E-state index contributed by atoms with van der Waals surface area (Å²) in [5, 5.41) is 17.7. The molecule has 19 heavy (non-hydrogen) atoms. The maximum absolute atomic E-state index is 10.4. The molecule has 2 rings (SSSR count). The van der Waals surface area contributed by atoms with E-state index in [2.05, 4.69) is 12.2 Å². The van der Waals surface area contributed by atoms with Crippen molar-refractivity contribution in [3.05, 3.63) is 12.2 Å². The molecule has 2 fully saturated rings. The van der Waals surface area contributed by atoms with E-state index in [0.29, 0.717) is 30.5 Å². The van der Waals surface area contributed by atoms with E-state index in [4.69, 9.17) is 14.9 Å². The Bertz CT molecular complexity index is 326. The van der Waals surface area contributed by atoms with Crippen LogP contribution in [0.2, 0.25) is 0 Å². The zero-order valence-electron chi connectivity index (χ0n) is 11.3. The molecule has 2 aliphatic rings. The molecule has 0 amide bonds. The second-order valence-corrected chi connectivity index (χ2v) is 5.62. The molecule has 0 unspecified atom stereocenters. The van der Waals surface area contributed by atoms with Gasteiger partial charge in [0.25, 0.3) is 0 Å². The summed E-state index contributed by atoms with van der Waals surface area (Å²) in [4.78, 5) is 10.4. The predicted octanol–water partition coefficient (Wildman–Crippen LogP) is 2.36. The molecular formula is C15H24O4. The Morgan fingerprint density at radius 3 is 2.63 bits per heavy atom. The van der Waals surface area contributed by atoms with Gasteiger partial charge in [0.2, 0.25) is 0 Å². The van der Waals surface area contributed by atoms with Gasteiger partial charge in [0.05, 0.1) is 12.2 Å². The summed E-state index contributed by atoms with van der Waals surface area (Å²) in [5.41, 5.74) is 0. The number of rotatable bonds is 8. The Kier molecular flexibility index (Phi) is 5.40. The number of aliphatic carboxylic acids is 1. The topological polar surface area (TPSA) is 66.8 Å². The van der Waals surface area contributed by atoms with Gasteiger partial charge in [-0.25, -0.2) is 0 Å². The molecule has 0 aromatic carbocycles.